The number of ether oxygens (including phenoxy) is 4. The highest BCUT2D eigenvalue weighted by molar-refractivity contribution is 7.89. The number of benzene rings is 4. The second kappa shape index (κ2) is 25.0. The van der Waals surface area contributed by atoms with Crippen molar-refractivity contribution in [2.45, 2.75) is 35.2 Å². The van der Waals surface area contributed by atoms with Gasteiger partial charge in [-0.25, -0.2) is 31.1 Å². The number of sulfonamides is 2. The van der Waals surface area contributed by atoms with Crippen LogP contribution in [0.25, 0.3) is 11.1 Å². The van der Waals surface area contributed by atoms with E-state index in [1.807, 2.05) is 32.3 Å². The molecule has 6 rings (SSSR count). The fourth-order valence-electron chi connectivity index (χ4n) is 7.77. The number of carbonyl (C=O) groups is 1. The lowest BCUT2D eigenvalue weighted by atomic mass is 9.85. The molecule has 0 saturated carbocycles. The van der Waals surface area contributed by atoms with Crippen molar-refractivity contribution in [3.05, 3.63) is 115 Å². The second-order valence-electron chi connectivity index (χ2n) is 15.9. The number of nitrogens with zero attached hydrogens (tertiary/aromatic N) is 2. The first kappa shape index (κ1) is 52.3. The van der Waals surface area contributed by atoms with Gasteiger partial charge in [0.1, 0.15) is 0 Å². The van der Waals surface area contributed by atoms with Crippen LogP contribution in [0, 0.1) is 0 Å². The van der Waals surface area contributed by atoms with Crippen molar-refractivity contribution in [2.75, 3.05) is 106 Å². The van der Waals surface area contributed by atoms with E-state index >= 15 is 0 Å². The highest BCUT2D eigenvalue weighted by Crippen LogP contribution is 2.41. The van der Waals surface area contributed by atoms with E-state index in [-0.39, 0.29) is 101 Å². The zero-order chi connectivity index (χ0) is 47.3. The predicted octanol–water partition coefficient (Wildman–Crippen LogP) is 6.15. The van der Waals surface area contributed by atoms with Crippen molar-refractivity contribution in [1.29, 1.82) is 0 Å². The van der Waals surface area contributed by atoms with Gasteiger partial charge in [0, 0.05) is 78.9 Å². The number of urea groups is 1. The summed E-state index contributed by atoms with van der Waals surface area (Å²) in [7, 11) is -3.44. The molecule has 0 aliphatic carbocycles. The average Bonchev–Trinajstić information content (AvgIpc) is 3.28. The third-order valence-corrected chi connectivity index (χ3v) is 15.2. The number of carbonyl (C=O) groups excluding carboxylic acids is 1. The Morgan fingerprint density at radius 3 is 1.67 bits per heavy atom. The monoisotopic (exact) mass is 1030 g/mol. The molecule has 0 fully saturated rings. The lowest BCUT2D eigenvalue weighted by Gasteiger charge is -2.33. The Morgan fingerprint density at radius 2 is 1.11 bits per heavy atom. The number of hydrogen-bond donors (Lipinski definition) is 4. The summed E-state index contributed by atoms with van der Waals surface area (Å²) in [5, 5.41) is 7.72. The molecule has 2 aliphatic rings. The third kappa shape index (κ3) is 14.7. The number of amides is 2. The van der Waals surface area contributed by atoms with E-state index < -0.39 is 20.0 Å². The van der Waals surface area contributed by atoms with Crippen LogP contribution in [0.15, 0.2) is 76.5 Å². The van der Waals surface area contributed by atoms with E-state index in [1.54, 1.807) is 48.5 Å². The molecule has 2 heterocycles. The maximum Gasteiger partial charge on any atom is 0.314 e. The summed E-state index contributed by atoms with van der Waals surface area (Å²) in [6, 6.07) is 18.5. The van der Waals surface area contributed by atoms with Crippen LogP contribution in [0.1, 0.15) is 33.7 Å². The van der Waals surface area contributed by atoms with E-state index in [9.17, 15) is 21.6 Å². The molecule has 2 amide bonds. The molecule has 66 heavy (non-hydrogen) atoms. The second-order valence-corrected chi connectivity index (χ2v) is 21.1. The van der Waals surface area contributed by atoms with Gasteiger partial charge in [0.2, 0.25) is 20.0 Å². The Labute approximate surface area is 407 Å². The minimum Gasteiger partial charge on any atom is -0.378 e. The van der Waals surface area contributed by atoms with Gasteiger partial charge in [-0.1, -0.05) is 70.7 Å². The van der Waals surface area contributed by atoms with E-state index in [0.29, 0.717) is 26.6 Å². The van der Waals surface area contributed by atoms with Crippen molar-refractivity contribution < 1.29 is 40.6 Å². The van der Waals surface area contributed by atoms with Crippen LogP contribution < -0.4 is 20.1 Å². The molecule has 15 nitrogen and oxygen atoms in total. The van der Waals surface area contributed by atoms with Gasteiger partial charge in [-0.3, -0.25) is 0 Å². The maximum absolute atomic E-state index is 12.9. The first-order valence-corrected chi connectivity index (χ1v) is 26.0. The van der Waals surface area contributed by atoms with Gasteiger partial charge in [0.15, 0.2) is 0 Å². The Kier molecular flexibility index (Phi) is 19.8. The quantitative estimate of drug-likeness (QED) is 0.0592. The number of halogens is 4. The molecule has 1 unspecified atom stereocenters. The van der Waals surface area contributed by atoms with Crippen molar-refractivity contribution in [3.63, 3.8) is 0 Å². The zero-order valence-electron chi connectivity index (χ0n) is 36.8. The van der Waals surface area contributed by atoms with Crippen LogP contribution >= 0.6 is 46.4 Å². The molecular formula is C45H56Cl4N6O9S2. The fraction of sp³-hybridized carbons (Fsp3) is 0.444. The third-order valence-electron chi connectivity index (χ3n) is 11.0. The van der Waals surface area contributed by atoms with Crippen LogP contribution in [0.2, 0.25) is 20.1 Å². The Hall–Kier alpha value is -3.11. The highest BCUT2D eigenvalue weighted by atomic mass is 35.5. The summed E-state index contributed by atoms with van der Waals surface area (Å²) in [5.41, 5.74) is 6.89. The van der Waals surface area contributed by atoms with Gasteiger partial charge < -0.3 is 39.4 Å². The largest absolute Gasteiger partial charge is 0.378 e. The van der Waals surface area contributed by atoms with Gasteiger partial charge in [-0.05, 0) is 96.4 Å². The molecule has 4 N–H and O–H groups in total. The summed E-state index contributed by atoms with van der Waals surface area (Å²) in [6.45, 7) is 5.65. The van der Waals surface area contributed by atoms with Crippen LogP contribution in [-0.4, -0.2) is 139 Å². The van der Waals surface area contributed by atoms with Crippen molar-refractivity contribution in [1.82, 2.24) is 29.9 Å². The molecule has 4 aromatic rings. The van der Waals surface area contributed by atoms with Crippen molar-refractivity contribution in [3.8, 4) is 11.1 Å². The van der Waals surface area contributed by atoms with E-state index in [4.69, 9.17) is 65.4 Å². The molecule has 1 atom stereocenters. The summed E-state index contributed by atoms with van der Waals surface area (Å²) >= 11 is 25.9. The lowest BCUT2D eigenvalue weighted by Crippen LogP contribution is -2.39. The number of likely N-dealkylation sites (N-methyl/N-ethyl adjacent to an activating group) is 2. The standard InChI is InChI=1S/C45H56Cl4N6O9S2/c1-54-16-11-36-39(29-54)42(48)27-43(49)44(36)32-5-9-35(10-6-32)66(59,60)53-15-20-64-24-22-62-18-13-51-45(56)50-12-17-61-21-23-63-19-14-52-65(57,58)34-7-3-31(4-8-34)38-28-55(2)30-40-37(38)25-33(46)26-41(40)47/h3-10,25-27,38,52-53H,11-24,28-30H2,1-2H3,(H2,50,51,56). The minimum atomic E-state index is -3.76. The van der Waals surface area contributed by atoms with Crippen LogP contribution in [0.5, 0.6) is 0 Å². The first-order valence-electron chi connectivity index (χ1n) is 21.5. The number of fused-ring (bicyclic) bond motifs is 2. The fourth-order valence-corrected chi connectivity index (χ4v) is 11.0. The normalized spacial score (nSPS) is 15.6. The lowest BCUT2D eigenvalue weighted by molar-refractivity contribution is 0.0504. The molecule has 4 aromatic carbocycles. The van der Waals surface area contributed by atoms with Gasteiger partial charge in [-0.2, -0.15) is 0 Å². The molecule has 0 spiro atoms. The Morgan fingerprint density at radius 1 is 0.606 bits per heavy atom. The van der Waals surface area contributed by atoms with Crippen molar-refractivity contribution >= 4 is 72.5 Å². The summed E-state index contributed by atoms with van der Waals surface area (Å²) in [4.78, 5) is 16.7. The summed E-state index contributed by atoms with van der Waals surface area (Å²) in [5.74, 6) is 0.00230. The number of nitrogens with one attached hydrogen (secondary N) is 4. The minimum absolute atomic E-state index is 0.00230. The molecular weight excluding hydrogens is 974 g/mol. The number of hydrogen-bond acceptors (Lipinski definition) is 11. The Balaban J connectivity index is 0.745. The molecule has 0 aromatic heterocycles. The highest BCUT2D eigenvalue weighted by Gasteiger charge is 2.28. The maximum atomic E-state index is 12.9. The molecule has 360 valence electrons. The first-order chi connectivity index (χ1) is 31.6. The predicted molar refractivity (Wildman–Crippen MR) is 258 cm³/mol. The zero-order valence-corrected chi connectivity index (χ0v) is 41.5. The van der Waals surface area contributed by atoms with Crippen LogP contribution in [0.4, 0.5) is 4.79 Å². The van der Waals surface area contributed by atoms with Crippen molar-refractivity contribution in [2.24, 2.45) is 0 Å². The average molecular weight is 1030 g/mol. The van der Waals surface area contributed by atoms with Gasteiger partial charge in [0.05, 0.1) is 67.7 Å². The van der Waals surface area contributed by atoms with E-state index in [0.717, 1.165) is 65.0 Å². The molecule has 0 saturated heterocycles. The topological polar surface area (TPSA) is 177 Å². The van der Waals surface area contributed by atoms with Gasteiger partial charge >= 0.3 is 6.03 Å². The molecule has 0 radical (unpaired) electrons. The summed E-state index contributed by atoms with van der Waals surface area (Å²) < 4.78 is 78.7. The van der Waals surface area contributed by atoms with E-state index in [2.05, 4.69) is 29.9 Å². The number of rotatable bonds is 24. The van der Waals surface area contributed by atoms with Crippen LogP contribution in [0.3, 0.4) is 0 Å². The van der Waals surface area contributed by atoms with Gasteiger partial charge in [-0.15, -0.1) is 0 Å². The smallest absolute Gasteiger partial charge is 0.314 e. The van der Waals surface area contributed by atoms with Crippen LogP contribution in [-0.2, 0) is 58.5 Å². The molecule has 0 bridgehead atoms. The SMILES string of the molecule is CN1CCc2c(c(Cl)cc(Cl)c2-c2ccc(S(=O)(=O)NCCOCCOCCNC(=O)NCCOCCOCCNS(=O)(=O)c3ccc(C4CN(C)Cc5c(Cl)cc(Cl)cc54)cc3)cc2)C1. The molecule has 2 aliphatic heterocycles. The molecule has 21 heteroatoms. The van der Waals surface area contributed by atoms with E-state index in [1.165, 1.54) is 0 Å². The Bertz CT molecular complexity index is 2490. The summed E-state index contributed by atoms with van der Waals surface area (Å²) in [6.07, 6.45) is 0.795. The van der Waals surface area contributed by atoms with Gasteiger partial charge in [0.25, 0.3) is 0 Å².